The molecule has 5 rings (SSSR count). The number of hydrogen-bond donors (Lipinski definition) is 2. The SMILES string of the molecule is C.C.C#C.C=C.CC.CN1C(=O)C=C[C@]2(C)C3CC[C@@]4(C)C(=C3CCC12)CC[C@@H]4NC(=O)Oc1ccc([N+](=O)[O-])cc1.CS. The Morgan fingerprint density at radius 2 is 1.66 bits per heavy atom. The number of ether oxygens (including phenoxy) is 1. The third kappa shape index (κ3) is 8.35. The summed E-state index contributed by atoms with van der Waals surface area (Å²) in [6.45, 7) is 14.6. The third-order valence-electron chi connectivity index (χ3n) is 9.01. The molecule has 1 aromatic rings. The number of terminal acetylenes is 1. The number of rotatable bonds is 3. The molecule has 8 nitrogen and oxygen atoms in total. The van der Waals surface area contributed by atoms with Crippen molar-refractivity contribution in [1.29, 1.82) is 0 Å². The number of carbonyl (C=O) groups excluding carboxylic acids is 2. The van der Waals surface area contributed by atoms with Crippen molar-refractivity contribution >= 4 is 30.3 Å². The first kappa shape index (κ1) is 42.6. The molecule has 0 spiro atoms. The van der Waals surface area contributed by atoms with E-state index in [4.69, 9.17) is 4.74 Å². The number of nitro benzene ring substituents is 1. The molecule has 0 bridgehead atoms. The summed E-state index contributed by atoms with van der Waals surface area (Å²) in [4.78, 5) is 37.2. The second kappa shape index (κ2) is 19.0. The van der Waals surface area contributed by atoms with Gasteiger partial charge in [-0.1, -0.05) is 59.8 Å². The zero-order valence-corrected chi connectivity index (χ0v) is 26.8. The fourth-order valence-electron chi connectivity index (χ4n) is 7.14. The third-order valence-corrected chi connectivity index (χ3v) is 9.01. The number of carbonyl (C=O) groups is 2. The van der Waals surface area contributed by atoms with Crippen LogP contribution in [-0.4, -0.2) is 47.2 Å². The first-order chi connectivity index (χ1) is 20.1. The van der Waals surface area contributed by atoms with Gasteiger partial charge < -0.3 is 15.0 Å². The predicted octanol–water partition coefficient (Wildman–Crippen LogP) is 8.65. The number of benzene rings is 1. The standard InChI is InChI=1S/C26H31N3O5.C2H6.C2H4.C2H2.CH4S.2CH4/c1-25-14-12-20-18(8-11-22-26(20,2)15-13-23(30)28(22)3)19(25)9-10-21(25)27-24(31)34-17-6-4-16(5-7-17)29(32)33;4*1-2;;/h4-7,13,15,20-22H,8-12,14H2,1-3H3,(H,27,31);1-2H3;1-2H2;1-2H;2H,1H3;2*1H4/t20?,21-,22?,25-,26+;;;;;;/m0....../s1. The largest absolute Gasteiger partial charge is 0.412 e. The zero-order valence-electron chi connectivity index (χ0n) is 25.9. The number of non-ortho nitro benzene ring substituents is 1. The molecule has 5 atom stereocenters. The number of hydrogen-bond acceptors (Lipinski definition) is 6. The van der Waals surface area contributed by atoms with Gasteiger partial charge in [-0.25, -0.2) is 4.79 Å². The van der Waals surface area contributed by atoms with Gasteiger partial charge in [-0.2, -0.15) is 12.6 Å². The van der Waals surface area contributed by atoms with Crippen molar-refractivity contribution < 1.29 is 19.2 Å². The maximum atomic E-state index is 12.7. The highest BCUT2D eigenvalue weighted by molar-refractivity contribution is 7.79. The molecule has 1 aromatic carbocycles. The number of thiol groups is 1. The van der Waals surface area contributed by atoms with Crippen molar-refractivity contribution in [2.24, 2.45) is 16.7 Å². The first-order valence-electron chi connectivity index (χ1n) is 14.3. The molecule has 9 heteroatoms. The molecule has 1 aliphatic heterocycles. The second-order valence-corrected chi connectivity index (χ2v) is 10.6. The van der Waals surface area contributed by atoms with Gasteiger partial charge in [0.15, 0.2) is 0 Å². The van der Waals surface area contributed by atoms with Gasteiger partial charge in [-0.05, 0) is 68.9 Å². The van der Waals surface area contributed by atoms with Crippen LogP contribution in [0.2, 0.25) is 0 Å². The maximum Gasteiger partial charge on any atom is 0.412 e. The van der Waals surface area contributed by atoms with Crippen LogP contribution in [-0.2, 0) is 4.79 Å². The fourth-order valence-corrected chi connectivity index (χ4v) is 7.14. The Morgan fingerprint density at radius 3 is 2.20 bits per heavy atom. The lowest BCUT2D eigenvalue weighted by molar-refractivity contribution is -0.384. The van der Waals surface area contributed by atoms with E-state index in [1.165, 1.54) is 35.4 Å². The molecule has 4 aliphatic rings. The van der Waals surface area contributed by atoms with Crippen molar-refractivity contribution in [3.63, 3.8) is 0 Å². The van der Waals surface area contributed by atoms with E-state index in [-0.39, 0.29) is 55.1 Å². The number of nitrogens with one attached hydrogen (secondary N) is 1. The van der Waals surface area contributed by atoms with Crippen LogP contribution in [0.1, 0.15) is 81.1 Å². The van der Waals surface area contributed by atoms with Crippen molar-refractivity contribution in [3.05, 3.63) is 70.8 Å². The Bertz CT molecular complexity index is 1180. The van der Waals surface area contributed by atoms with E-state index < -0.39 is 11.0 Å². The van der Waals surface area contributed by atoms with Crippen LogP contribution >= 0.6 is 12.6 Å². The van der Waals surface area contributed by atoms with Gasteiger partial charge in [0, 0.05) is 42.1 Å². The van der Waals surface area contributed by atoms with Gasteiger partial charge >= 0.3 is 6.09 Å². The summed E-state index contributed by atoms with van der Waals surface area (Å²) in [7, 11) is 1.92. The zero-order chi connectivity index (χ0) is 32.3. The second-order valence-electron chi connectivity index (χ2n) is 10.6. The molecule has 44 heavy (non-hydrogen) atoms. The summed E-state index contributed by atoms with van der Waals surface area (Å²) < 4.78 is 5.42. The quantitative estimate of drug-likeness (QED) is 0.115. The van der Waals surface area contributed by atoms with Crippen LogP contribution in [0.4, 0.5) is 10.5 Å². The fraction of sp³-hybridized carbons (Fsp3) is 0.543. The predicted molar refractivity (Wildman–Crippen MR) is 187 cm³/mol. The monoisotopic (exact) mass is 629 g/mol. The van der Waals surface area contributed by atoms with Gasteiger partial charge in [0.25, 0.3) is 5.69 Å². The molecule has 2 amide bonds. The molecule has 0 aromatic heterocycles. The highest BCUT2D eigenvalue weighted by atomic mass is 32.1. The van der Waals surface area contributed by atoms with Crippen LogP contribution in [0.5, 0.6) is 5.75 Å². The summed E-state index contributed by atoms with van der Waals surface area (Å²) >= 11 is 3.53. The van der Waals surface area contributed by atoms with Gasteiger partial charge in [0.05, 0.1) is 4.92 Å². The summed E-state index contributed by atoms with van der Waals surface area (Å²) in [5.74, 6) is 0.797. The molecule has 2 fully saturated rings. The molecule has 2 saturated carbocycles. The van der Waals surface area contributed by atoms with E-state index in [9.17, 15) is 19.7 Å². The van der Waals surface area contributed by atoms with Crippen LogP contribution in [0.15, 0.2) is 60.7 Å². The topological polar surface area (TPSA) is 102 Å². The molecule has 1 N–H and O–H groups in total. The minimum atomic E-state index is -0.528. The van der Waals surface area contributed by atoms with Gasteiger partial charge in [-0.15, -0.1) is 26.0 Å². The van der Waals surface area contributed by atoms with Crippen LogP contribution in [0.3, 0.4) is 0 Å². The minimum absolute atomic E-state index is 0. The number of allylic oxidation sites excluding steroid dienone is 1. The Labute approximate surface area is 272 Å². The summed E-state index contributed by atoms with van der Waals surface area (Å²) in [6, 6.07) is 5.74. The molecule has 2 unspecified atom stereocenters. The Hall–Kier alpha value is -3.51. The molecule has 246 valence electrons. The van der Waals surface area contributed by atoms with E-state index in [0.29, 0.717) is 5.92 Å². The lowest BCUT2D eigenvalue weighted by Gasteiger charge is -2.55. The van der Waals surface area contributed by atoms with E-state index in [2.05, 4.69) is 63.9 Å². The first-order valence-corrected chi connectivity index (χ1v) is 15.2. The molecule has 0 saturated heterocycles. The number of fused-ring (bicyclic) bond motifs is 4. The number of likely N-dealkylation sites (N-methyl/N-ethyl adjacent to an activating group) is 1. The van der Waals surface area contributed by atoms with Crippen LogP contribution in [0.25, 0.3) is 0 Å². The van der Waals surface area contributed by atoms with Crippen LogP contribution in [0, 0.1) is 39.7 Å². The highest BCUT2D eigenvalue weighted by Gasteiger charge is 2.55. The average molecular weight is 630 g/mol. The maximum absolute atomic E-state index is 12.7. The summed E-state index contributed by atoms with van der Waals surface area (Å²) in [5.41, 5.74) is 2.81. The number of nitro groups is 1. The normalized spacial score (nSPS) is 26.9. The Kier molecular flexibility index (Phi) is 18.4. The molecule has 3 aliphatic carbocycles. The van der Waals surface area contributed by atoms with E-state index >= 15 is 0 Å². The van der Waals surface area contributed by atoms with Gasteiger partial charge in [-0.3, -0.25) is 14.9 Å². The smallest absolute Gasteiger partial charge is 0.410 e. The van der Waals surface area contributed by atoms with E-state index in [1.54, 1.807) is 12.3 Å². The van der Waals surface area contributed by atoms with Gasteiger partial charge in [0.2, 0.25) is 5.91 Å². The lowest BCUT2D eigenvalue weighted by atomic mass is 9.54. The molecule has 0 radical (unpaired) electrons. The van der Waals surface area contributed by atoms with Crippen molar-refractivity contribution in [3.8, 4) is 18.6 Å². The number of amides is 2. The van der Waals surface area contributed by atoms with Gasteiger partial charge in [0.1, 0.15) is 5.75 Å². The number of nitrogens with zero attached hydrogens (tertiary/aromatic N) is 2. The molecule has 1 heterocycles. The average Bonchev–Trinajstić information content (AvgIpc) is 3.35. The van der Waals surface area contributed by atoms with Crippen molar-refractivity contribution in [2.45, 2.75) is 93.2 Å². The molecular formula is C35H55N3O5S. The van der Waals surface area contributed by atoms with E-state index in [0.717, 1.165) is 38.5 Å². The lowest BCUT2D eigenvalue weighted by Crippen LogP contribution is -2.56. The molecular weight excluding hydrogens is 574 g/mol. The Balaban J connectivity index is 0. The summed E-state index contributed by atoms with van der Waals surface area (Å²) in [5, 5.41) is 13.9. The summed E-state index contributed by atoms with van der Waals surface area (Å²) in [6.07, 6.45) is 18.9. The van der Waals surface area contributed by atoms with Crippen molar-refractivity contribution in [1.82, 2.24) is 10.2 Å². The highest BCUT2D eigenvalue weighted by Crippen LogP contribution is 2.60. The minimum Gasteiger partial charge on any atom is -0.410 e. The van der Waals surface area contributed by atoms with E-state index in [1.807, 2.05) is 25.8 Å². The van der Waals surface area contributed by atoms with Crippen molar-refractivity contribution in [2.75, 3.05) is 13.3 Å². The van der Waals surface area contributed by atoms with Crippen LogP contribution < -0.4 is 10.1 Å². The Morgan fingerprint density at radius 1 is 1.09 bits per heavy atom.